The summed E-state index contributed by atoms with van der Waals surface area (Å²) in [7, 11) is 3.95. The normalized spacial score (nSPS) is 10.1. The molecule has 0 spiro atoms. The number of anilines is 3. The molecule has 0 aromatic heterocycles. The summed E-state index contributed by atoms with van der Waals surface area (Å²) in [6.07, 6.45) is 0.347. The second-order valence-corrected chi connectivity index (χ2v) is 5.80. The van der Waals surface area contributed by atoms with Crippen molar-refractivity contribution in [1.82, 2.24) is 0 Å². The second kappa shape index (κ2) is 8.15. The lowest BCUT2D eigenvalue weighted by molar-refractivity contribution is -0.115. The summed E-state index contributed by atoms with van der Waals surface area (Å²) < 4.78 is 0. The predicted octanol–water partition coefficient (Wildman–Crippen LogP) is 3.40. The lowest BCUT2D eigenvalue weighted by Gasteiger charge is -2.13. The van der Waals surface area contributed by atoms with Crippen LogP contribution >= 0.6 is 0 Å². The molecule has 5 nitrogen and oxygen atoms in total. The molecule has 24 heavy (non-hydrogen) atoms. The molecule has 0 saturated heterocycles. The molecule has 2 N–H and O–H groups in total. The van der Waals surface area contributed by atoms with Crippen molar-refractivity contribution in [2.45, 2.75) is 13.3 Å². The first kappa shape index (κ1) is 17.5. The van der Waals surface area contributed by atoms with E-state index in [9.17, 15) is 9.59 Å². The summed E-state index contributed by atoms with van der Waals surface area (Å²) in [5.74, 6) is -0.0274. The Balaban J connectivity index is 1.81. The molecule has 0 fully saturated rings. The van der Waals surface area contributed by atoms with Crippen LogP contribution in [0, 0.1) is 0 Å². The molecule has 0 bridgehead atoms. The van der Waals surface area contributed by atoms with E-state index in [1.54, 1.807) is 12.1 Å². The zero-order chi connectivity index (χ0) is 17.5. The molecule has 0 heterocycles. The van der Waals surface area contributed by atoms with Crippen molar-refractivity contribution in [2.75, 3.05) is 36.2 Å². The minimum Gasteiger partial charge on any atom is -0.385 e. The van der Waals surface area contributed by atoms with E-state index in [-0.39, 0.29) is 11.7 Å². The number of benzene rings is 2. The lowest BCUT2D eigenvalue weighted by Crippen LogP contribution is -2.16. The van der Waals surface area contributed by atoms with Crippen LogP contribution in [0.3, 0.4) is 0 Å². The standard InChI is InChI=1S/C19H23N3O2/c1-14(23)15-5-4-6-17(13-15)20-12-11-19(24)21-16-7-9-18(10-8-16)22(2)3/h4-10,13,20H,11-12H2,1-3H3,(H,21,24). The van der Waals surface area contributed by atoms with Crippen molar-refractivity contribution in [2.24, 2.45) is 0 Å². The van der Waals surface area contributed by atoms with Crippen molar-refractivity contribution in [3.05, 3.63) is 54.1 Å². The molecule has 2 aromatic rings. The fourth-order valence-electron chi connectivity index (χ4n) is 2.23. The first-order chi connectivity index (χ1) is 11.5. The molecule has 2 aromatic carbocycles. The first-order valence-corrected chi connectivity index (χ1v) is 7.88. The average Bonchev–Trinajstić information content (AvgIpc) is 2.55. The maximum absolute atomic E-state index is 12.0. The van der Waals surface area contributed by atoms with Crippen LogP contribution in [0.25, 0.3) is 0 Å². The van der Waals surface area contributed by atoms with Crippen LogP contribution in [-0.2, 0) is 4.79 Å². The molecule has 1 amide bonds. The Morgan fingerprint density at radius 1 is 1.00 bits per heavy atom. The number of hydrogen-bond donors (Lipinski definition) is 2. The molecule has 0 atom stereocenters. The third kappa shape index (κ3) is 5.12. The van der Waals surface area contributed by atoms with Crippen LogP contribution in [-0.4, -0.2) is 32.3 Å². The third-order valence-electron chi connectivity index (χ3n) is 3.62. The Bertz CT molecular complexity index is 709. The quantitative estimate of drug-likeness (QED) is 0.766. The van der Waals surface area contributed by atoms with Crippen LogP contribution < -0.4 is 15.5 Å². The zero-order valence-corrected chi connectivity index (χ0v) is 14.3. The molecule has 5 heteroatoms. The number of ketones is 1. The molecule has 0 aliphatic heterocycles. The second-order valence-electron chi connectivity index (χ2n) is 5.80. The molecule has 0 aliphatic carbocycles. The number of nitrogens with one attached hydrogen (secondary N) is 2. The molecular weight excluding hydrogens is 302 g/mol. The molecule has 0 saturated carbocycles. The van der Waals surface area contributed by atoms with Crippen molar-refractivity contribution in [1.29, 1.82) is 0 Å². The molecule has 126 valence electrons. The van der Waals surface area contributed by atoms with Gasteiger partial charge in [-0.25, -0.2) is 0 Å². The largest absolute Gasteiger partial charge is 0.385 e. The van der Waals surface area contributed by atoms with Gasteiger partial charge in [0.1, 0.15) is 0 Å². The van der Waals surface area contributed by atoms with Gasteiger partial charge in [-0.3, -0.25) is 9.59 Å². The summed E-state index contributed by atoms with van der Waals surface area (Å²) >= 11 is 0. The summed E-state index contributed by atoms with van der Waals surface area (Å²) in [6, 6.07) is 15.0. The van der Waals surface area contributed by atoms with E-state index in [0.717, 1.165) is 17.1 Å². The Morgan fingerprint density at radius 3 is 2.33 bits per heavy atom. The Morgan fingerprint density at radius 2 is 1.71 bits per heavy atom. The summed E-state index contributed by atoms with van der Waals surface area (Å²) in [4.78, 5) is 25.3. The minimum absolute atomic E-state index is 0.0255. The highest BCUT2D eigenvalue weighted by Crippen LogP contribution is 2.16. The van der Waals surface area contributed by atoms with Crippen molar-refractivity contribution >= 4 is 28.8 Å². The molecule has 0 aliphatic rings. The van der Waals surface area contributed by atoms with Gasteiger partial charge in [-0.2, -0.15) is 0 Å². The topological polar surface area (TPSA) is 61.4 Å². The van der Waals surface area contributed by atoms with Gasteiger partial charge in [0.05, 0.1) is 0 Å². The van der Waals surface area contributed by atoms with Gasteiger partial charge in [0.15, 0.2) is 5.78 Å². The van der Waals surface area contributed by atoms with Crippen LogP contribution in [0.5, 0.6) is 0 Å². The van der Waals surface area contributed by atoms with Crippen LogP contribution in [0.2, 0.25) is 0 Å². The fourth-order valence-corrected chi connectivity index (χ4v) is 2.23. The van der Waals surface area contributed by atoms with E-state index in [0.29, 0.717) is 18.5 Å². The highest BCUT2D eigenvalue weighted by molar-refractivity contribution is 5.95. The van der Waals surface area contributed by atoms with Gasteiger partial charge in [0.25, 0.3) is 0 Å². The molecule has 0 radical (unpaired) electrons. The summed E-state index contributed by atoms with van der Waals surface area (Å²) in [5, 5.41) is 6.03. The molecule has 2 rings (SSSR count). The number of nitrogens with zero attached hydrogens (tertiary/aromatic N) is 1. The zero-order valence-electron chi connectivity index (χ0n) is 14.3. The van der Waals surface area contributed by atoms with Gasteiger partial charge in [-0.1, -0.05) is 12.1 Å². The molecule has 0 unspecified atom stereocenters. The van der Waals surface area contributed by atoms with Crippen molar-refractivity contribution in [3.63, 3.8) is 0 Å². The fraction of sp³-hybridized carbons (Fsp3) is 0.263. The van der Waals surface area contributed by atoms with Gasteiger partial charge in [-0.15, -0.1) is 0 Å². The smallest absolute Gasteiger partial charge is 0.226 e. The monoisotopic (exact) mass is 325 g/mol. The number of amides is 1. The van der Waals surface area contributed by atoms with Gasteiger partial charge in [-0.05, 0) is 43.3 Å². The Kier molecular flexibility index (Phi) is 5.95. The van der Waals surface area contributed by atoms with Crippen LogP contribution in [0.4, 0.5) is 17.1 Å². The number of rotatable bonds is 7. The van der Waals surface area contributed by atoms with E-state index in [1.165, 1.54) is 6.92 Å². The number of carbonyl (C=O) groups is 2. The predicted molar refractivity (Wildman–Crippen MR) is 99.0 cm³/mol. The third-order valence-corrected chi connectivity index (χ3v) is 3.62. The number of hydrogen-bond acceptors (Lipinski definition) is 4. The highest BCUT2D eigenvalue weighted by Gasteiger charge is 2.04. The van der Waals surface area contributed by atoms with E-state index < -0.39 is 0 Å². The van der Waals surface area contributed by atoms with Gasteiger partial charge < -0.3 is 15.5 Å². The van der Waals surface area contributed by atoms with Crippen molar-refractivity contribution < 1.29 is 9.59 Å². The van der Waals surface area contributed by atoms with Gasteiger partial charge in [0, 0.05) is 49.7 Å². The van der Waals surface area contributed by atoms with Crippen molar-refractivity contribution in [3.8, 4) is 0 Å². The lowest BCUT2D eigenvalue weighted by atomic mass is 10.1. The van der Waals surface area contributed by atoms with Gasteiger partial charge >= 0.3 is 0 Å². The average molecular weight is 325 g/mol. The summed E-state index contributed by atoms with van der Waals surface area (Å²) in [6.45, 7) is 2.04. The van der Waals surface area contributed by atoms with Gasteiger partial charge in [0.2, 0.25) is 5.91 Å². The Hall–Kier alpha value is -2.82. The SMILES string of the molecule is CC(=O)c1cccc(NCCC(=O)Nc2ccc(N(C)C)cc2)c1. The number of carbonyl (C=O) groups excluding carboxylic acids is 2. The minimum atomic E-state index is -0.0529. The Labute approximate surface area is 142 Å². The van der Waals surface area contributed by atoms with E-state index in [4.69, 9.17) is 0 Å². The van der Waals surface area contributed by atoms with Crippen LogP contribution in [0.1, 0.15) is 23.7 Å². The molecular formula is C19H23N3O2. The highest BCUT2D eigenvalue weighted by atomic mass is 16.1. The summed E-state index contributed by atoms with van der Waals surface area (Å²) in [5.41, 5.74) is 3.36. The van der Waals surface area contributed by atoms with E-state index >= 15 is 0 Å². The van der Waals surface area contributed by atoms with E-state index in [2.05, 4.69) is 10.6 Å². The maximum atomic E-state index is 12.0. The van der Waals surface area contributed by atoms with E-state index in [1.807, 2.05) is 55.4 Å². The number of Topliss-reactive ketones (excluding diaryl/α,β-unsaturated/α-hetero) is 1. The first-order valence-electron chi connectivity index (χ1n) is 7.88. The van der Waals surface area contributed by atoms with Crippen LogP contribution in [0.15, 0.2) is 48.5 Å². The maximum Gasteiger partial charge on any atom is 0.226 e.